The number of hydrogen-bond acceptors (Lipinski definition) is 6. The molecule has 7 nitrogen and oxygen atoms in total. The fourth-order valence-electron chi connectivity index (χ4n) is 4.88. The van der Waals surface area contributed by atoms with E-state index in [4.69, 9.17) is 14.0 Å². The van der Waals surface area contributed by atoms with E-state index in [9.17, 15) is 13.5 Å². The fraction of sp³-hybridized carbons (Fsp3) is 0.391. The Bertz CT molecular complexity index is 1250. The van der Waals surface area contributed by atoms with Crippen molar-refractivity contribution in [3.05, 3.63) is 41.5 Å². The van der Waals surface area contributed by atoms with Crippen LogP contribution in [0.2, 0.25) is 0 Å². The van der Waals surface area contributed by atoms with Crippen molar-refractivity contribution < 1.29 is 27.6 Å². The van der Waals surface area contributed by atoms with E-state index in [1.807, 2.05) is 12.1 Å². The van der Waals surface area contributed by atoms with Gasteiger partial charge in [0, 0.05) is 12.6 Å². The second kappa shape index (κ2) is 8.18. The standard InChI is InChI=1S/C22H23NO3.CH4O3S/c1-25-21-10-18-17-9-14(24)5-6-15(17)16-8-13-4-3-7-23(13)12-20(16)19(18)11-22(21)26-2;1-5(2,3)4/h5-6,9-11,13,24H,3-4,7-8,12H2,1-2H3;1H3,(H,2,3,4)/t13-;/m0./s1. The van der Waals surface area contributed by atoms with Crippen LogP contribution in [0.3, 0.4) is 0 Å². The van der Waals surface area contributed by atoms with Crippen LogP contribution in [0, 0.1) is 0 Å². The topological polar surface area (TPSA) is 96.3 Å². The first-order valence-corrected chi connectivity index (χ1v) is 12.0. The van der Waals surface area contributed by atoms with E-state index >= 15 is 0 Å². The van der Waals surface area contributed by atoms with Gasteiger partial charge in [-0.15, -0.1) is 0 Å². The summed E-state index contributed by atoms with van der Waals surface area (Å²) in [5.74, 6) is 1.77. The summed E-state index contributed by atoms with van der Waals surface area (Å²) < 4.78 is 37.0. The number of aromatic hydroxyl groups is 1. The van der Waals surface area contributed by atoms with Gasteiger partial charge in [0.25, 0.3) is 10.1 Å². The predicted molar refractivity (Wildman–Crippen MR) is 121 cm³/mol. The van der Waals surface area contributed by atoms with Gasteiger partial charge in [0.05, 0.1) is 20.5 Å². The maximum atomic E-state index is 10.1. The van der Waals surface area contributed by atoms with Crippen LogP contribution in [-0.2, 0) is 23.1 Å². The highest BCUT2D eigenvalue weighted by atomic mass is 32.2. The second-order valence-electron chi connectivity index (χ2n) is 8.14. The molecule has 0 saturated carbocycles. The average Bonchev–Trinajstić information content (AvgIpc) is 3.17. The van der Waals surface area contributed by atoms with Crippen molar-refractivity contribution in [2.75, 3.05) is 27.0 Å². The molecule has 0 unspecified atom stereocenters. The van der Waals surface area contributed by atoms with Gasteiger partial charge in [-0.2, -0.15) is 8.42 Å². The van der Waals surface area contributed by atoms with Crippen LogP contribution >= 0.6 is 0 Å². The second-order valence-corrected chi connectivity index (χ2v) is 9.61. The van der Waals surface area contributed by atoms with E-state index in [0.29, 0.717) is 18.0 Å². The third-order valence-electron chi connectivity index (χ3n) is 6.13. The predicted octanol–water partition coefficient (Wildman–Crippen LogP) is 3.74. The molecule has 0 spiro atoms. The number of hydrogen-bond donors (Lipinski definition) is 2. The highest BCUT2D eigenvalue weighted by Crippen LogP contribution is 2.44. The number of phenolic OH excluding ortho intramolecular Hbond substituents is 1. The maximum absolute atomic E-state index is 10.1. The number of methoxy groups -OCH3 is 2. The first kappa shape index (κ1) is 21.7. The lowest BCUT2D eigenvalue weighted by molar-refractivity contribution is 0.229. The molecular formula is C23H27NO6S. The Hall–Kier alpha value is -2.55. The summed E-state index contributed by atoms with van der Waals surface area (Å²) >= 11 is 0. The molecule has 3 aromatic carbocycles. The maximum Gasteiger partial charge on any atom is 0.261 e. The van der Waals surface area contributed by atoms with Crippen LogP contribution in [0.4, 0.5) is 0 Å². The molecular weight excluding hydrogens is 418 g/mol. The van der Waals surface area contributed by atoms with Crippen LogP contribution < -0.4 is 9.47 Å². The van der Waals surface area contributed by atoms with E-state index in [1.54, 1.807) is 20.3 Å². The largest absolute Gasteiger partial charge is 0.508 e. The SMILES string of the molecule is COc1cc2c3c(c4ccc(O)cc4c2cc1OC)C[C@@H]1CCCN1C3.CS(=O)(=O)O. The van der Waals surface area contributed by atoms with Crippen LogP contribution in [-0.4, -0.2) is 56.0 Å². The number of nitrogens with zero attached hydrogens (tertiary/aromatic N) is 1. The Kier molecular flexibility index (Phi) is 5.72. The highest BCUT2D eigenvalue weighted by Gasteiger charge is 2.32. The number of benzene rings is 3. The van der Waals surface area contributed by atoms with Gasteiger partial charge < -0.3 is 14.6 Å². The molecule has 0 bridgehead atoms. The van der Waals surface area contributed by atoms with Crippen molar-refractivity contribution in [1.82, 2.24) is 4.90 Å². The molecule has 5 rings (SSSR count). The Balaban J connectivity index is 0.000000418. The monoisotopic (exact) mass is 445 g/mol. The quantitative estimate of drug-likeness (QED) is 0.458. The van der Waals surface area contributed by atoms with Gasteiger partial charge in [-0.05, 0) is 82.7 Å². The number of fused-ring (bicyclic) bond motifs is 7. The average molecular weight is 446 g/mol. The summed E-state index contributed by atoms with van der Waals surface area (Å²) in [5, 5.41) is 14.8. The molecule has 0 aliphatic carbocycles. The summed E-state index contributed by atoms with van der Waals surface area (Å²) in [6, 6.07) is 10.6. The third kappa shape index (κ3) is 4.28. The zero-order chi connectivity index (χ0) is 22.3. The van der Waals surface area contributed by atoms with E-state index in [2.05, 4.69) is 17.0 Å². The lowest BCUT2D eigenvalue weighted by Gasteiger charge is -2.33. The van der Waals surface area contributed by atoms with Crippen molar-refractivity contribution in [2.24, 2.45) is 0 Å². The summed E-state index contributed by atoms with van der Waals surface area (Å²) in [6.45, 7) is 2.18. The highest BCUT2D eigenvalue weighted by molar-refractivity contribution is 7.85. The number of rotatable bonds is 2. The summed E-state index contributed by atoms with van der Waals surface area (Å²) in [4.78, 5) is 2.62. The van der Waals surface area contributed by atoms with Gasteiger partial charge in [0.2, 0.25) is 0 Å². The van der Waals surface area contributed by atoms with Crippen LogP contribution in [0.15, 0.2) is 30.3 Å². The van der Waals surface area contributed by atoms with E-state index in [-0.39, 0.29) is 0 Å². The first-order valence-electron chi connectivity index (χ1n) is 10.2. The molecule has 166 valence electrons. The third-order valence-corrected chi connectivity index (χ3v) is 6.13. The number of phenols is 1. The molecule has 8 heteroatoms. The Labute approximate surface area is 181 Å². The van der Waals surface area contributed by atoms with E-state index in [0.717, 1.165) is 35.2 Å². The molecule has 1 atom stereocenters. The molecule has 0 aromatic heterocycles. The van der Waals surface area contributed by atoms with Crippen molar-refractivity contribution in [3.8, 4) is 17.2 Å². The van der Waals surface area contributed by atoms with Gasteiger partial charge >= 0.3 is 0 Å². The minimum atomic E-state index is -3.67. The molecule has 1 fully saturated rings. The first-order chi connectivity index (χ1) is 14.7. The minimum absolute atomic E-state index is 0.298. The van der Waals surface area contributed by atoms with Gasteiger partial charge in [-0.1, -0.05) is 6.07 Å². The molecule has 3 aromatic rings. The lowest BCUT2D eigenvalue weighted by Crippen LogP contribution is -2.35. The van der Waals surface area contributed by atoms with Crippen molar-refractivity contribution in [2.45, 2.75) is 31.8 Å². The Morgan fingerprint density at radius 1 is 0.968 bits per heavy atom. The molecule has 2 heterocycles. The van der Waals surface area contributed by atoms with Gasteiger partial charge in [0.15, 0.2) is 11.5 Å². The Morgan fingerprint density at radius 3 is 2.23 bits per heavy atom. The van der Waals surface area contributed by atoms with Gasteiger partial charge in [-0.3, -0.25) is 9.45 Å². The zero-order valence-corrected chi connectivity index (χ0v) is 18.7. The molecule has 2 aliphatic rings. The minimum Gasteiger partial charge on any atom is -0.508 e. The van der Waals surface area contributed by atoms with Crippen molar-refractivity contribution in [1.29, 1.82) is 0 Å². The molecule has 0 radical (unpaired) electrons. The smallest absolute Gasteiger partial charge is 0.261 e. The lowest BCUT2D eigenvalue weighted by atomic mass is 9.85. The zero-order valence-electron chi connectivity index (χ0n) is 17.9. The van der Waals surface area contributed by atoms with E-state index < -0.39 is 10.1 Å². The van der Waals surface area contributed by atoms with Crippen LogP contribution in [0.5, 0.6) is 17.2 Å². The van der Waals surface area contributed by atoms with Gasteiger partial charge in [-0.25, -0.2) is 0 Å². The van der Waals surface area contributed by atoms with Crippen molar-refractivity contribution >= 4 is 31.7 Å². The van der Waals surface area contributed by atoms with Gasteiger partial charge in [0.1, 0.15) is 5.75 Å². The normalized spacial score (nSPS) is 18.3. The van der Waals surface area contributed by atoms with E-state index in [1.165, 1.54) is 41.3 Å². The fourth-order valence-corrected chi connectivity index (χ4v) is 4.88. The molecule has 0 amide bonds. The number of ether oxygens (including phenoxy) is 2. The summed E-state index contributed by atoms with van der Waals surface area (Å²) in [7, 11) is -0.323. The van der Waals surface area contributed by atoms with Crippen LogP contribution in [0.1, 0.15) is 24.0 Å². The van der Waals surface area contributed by atoms with Crippen molar-refractivity contribution in [3.63, 3.8) is 0 Å². The molecule has 1 saturated heterocycles. The molecule has 2 N–H and O–H groups in total. The summed E-state index contributed by atoms with van der Waals surface area (Å²) in [5.41, 5.74) is 2.83. The van der Waals surface area contributed by atoms with Crippen LogP contribution in [0.25, 0.3) is 21.5 Å². The Morgan fingerprint density at radius 2 is 1.58 bits per heavy atom. The molecule has 31 heavy (non-hydrogen) atoms. The molecule has 2 aliphatic heterocycles. The summed E-state index contributed by atoms with van der Waals surface area (Å²) in [6.07, 6.45) is 4.36.